The van der Waals surface area contributed by atoms with Gasteiger partial charge in [0.1, 0.15) is 0 Å². The van der Waals surface area contributed by atoms with Crippen molar-refractivity contribution in [2.24, 2.45) is 0 Å². The molecular formula is C20H25N5O4S2. The molecule has 0 radical (unpaired) electrons. The second-order valence-electron chi connectivity index (χ2n) is 6.48. The second kappa shape index (κ2) is 10.1. The molecule has 166 valence electrons. The molecular weight excluding hydrogens is 438 g/mol. The smallest absolute Gasteiger partial charge is 0.243 e. The first kappa shape index (κ1) is 23.0. The molecule has 0 aliphatic carbocycles. The lowest BCUT2D eigenvalue weighted by Gasteiger charge is -2.18. The molecule has 1 aromatic carbocycles. The van der Waals surface area contributed by atoms with Crippen molar-refractivity contribution in [3.63, 3.8) is 0 Å². The molecule has 0 fully saturated rings. The largest absolute Gasteiger partial charge is 0.461 e. The predicted molar refractivity (Wildman–Crippen MR) is 119 cm³/mol. The maximum Gasteiger partial charge on any atom is 0.243 e. The van der Waals surface area contributed by atoms with Gasteiger partial charge in [0.2, 0.25) is 15.9 Å². The Labute approximate surface area is 185 Å². The molecule has 3 rings (SSSR count). The van der Waals surface area contributed by atoms with E-state index in [-0.39, 0.29) is 16.6 Å². The Morgan fingerprint density at radius 2 is 1.84 bits per heavy atom. The average Bonchev–Trinajstić information content (AvgIpc) is 3.42. The molecule has 0 atom stereocenters. The van der Waals surface area contributed by atoms with E-state index >= 15 is 0 Å². The summed E-state index contributed by atoms with van der Waals surface area (Å²) in [5, 5.41) is 11.7. The van der Waals surface area contributed by atoms with Gasteiger partial charge in [-0.2, -0.15) is 4.31 Å². The van der Waals surface area contributed by atoms with Crippen LogP contribution >= 0.6 is 11.8 Å². The first-order valence-electron chi connectivity index (χ1n) is 9.90. The lowest BCUT2D eigenvalue weighted by atomic mass is 10.3. The van der Waals surface area contributed by atoms with Gasteiger partial charge in [-0.15, -0.1) is 10.2 Å². The predicted octanol–water partition coefficient (Wildman–Crippen LogP) is 3.32. The quantitative estimate of drug-likeness (QED) is 0.459. The molecule has 0 aliphatic heterocycles. The number of anilines is 1. The molecule has 3 aromatic rings. The van der Waals surface area contributed by atoms with Gasteiger partial charge in [-0.3, -0.25) is 9.36 Å². The SMILES string of the molecule is CCN(CC)S(=O)(=O)c1ccc(NC(=O)CSc2nnc(-c3ccco3)n2CC)cc1. The highest BCUT2D eigenvalue weighted by Crippen LogP contribution is 2.24. The van der Waals surface area contributed by atoms with Crippen molar-refractivity contribution in [1.82, 2.24) is 19.1 Å². The third-order valence-corrected chi connectivity index (χ3v) is 7.62. The molecule has 11 heteroatoms. The Bertz CT molecular complexity index is 1110. The minimum Gasteiger partial charge on any atom is -0.461 e. The third-order valence-electron chi connectivity index (χ3n) is 4.59. The summed E-state index contributed by atoms with van der Waals surface area (Å²) in [4.78, 5) is 12.6. The van der Waals surface area contributed by atoms with E-state index in [9.17, 15) is 13.2 Å². The molecule has 2 aromatic heterocycles. The highest BCUT2D eigenvalue weighted by molar-refractivity contribution is 7.99. The Kier molecular flexibility index (Phi) is 7.52. The van der Waals surface area contributed by atoms with Crippen molar-refractivity contribution >= 4 is 33.4 Å². The van der Waals surface area contributed by atoms with Crippen molar-refractivity contribution in [3.8, 4) is 11.6 Å². The Morgan fingerprint density at radius 3 is 2.42 bits per heavy atom. The van der Waals surface area contributed by atoms with Crippen LogP contribution in [-0.2, 0) is 21.4 Å². The number of carbonyl (C=O) groups is 1. The van der Waals surface area contributed by atoms with Crippen LogP contribution in [0.4, 0.5) is 5.69 Å². The Morgan fingerprint density at radius 1 is 1.13 bits per heavy atom. The lowest BCUT2D eigenvalue weighted by molar-refractivity contribution is -0.113. The van der Waals surface area contributed by atoms with E-state index in [1.54, 1.807) is 44.4 Å². The number of thioether (sulfide) groups is 1. The van der Waals surface area contributed by atoms with Crippen LogP contribution in [0.25, 0.3) is 11.6 Å². The lowest BCUT2D eigenvalue weighted by Crippen LogP contribution is -2.30. The van der Waals surface area contributed by atoms with Crippen LogP contribution in [0.3, 0.4) is 0 Å². The third kappa shape index (κ3) is 5.17. The van der Waals surface area contributed by atoms with Crippen LogP contribution in [0.2, 0.25) is 0 Å². The number of amides is 1. The molecule has 0 saturated carbocycles. The van der Waals surface area contributed by atoms with Gasteiger partial charge in [-0.1, -0.05) is 25.6 Å². The Hall–Kier alpha value is -2.63. The van der Waals surface area contributed by atoms with Gasteiger partial charge in [-0.25, -0.2) is 8.42 Å². The summed E-state index contributed by atoms with van der Waals surface area (Å²) in [5.74, 6) is 1.14. The van der Waals surface area contributed by atoms with Gasteiger partial charge >= 0.3 is 0 Å². The summed E-state index contributed by atoms with van der Waals surface area (Å²) >= 11 is 1.27. The van der Waals surface area contributed by atoms with Gasteiger partial charge in [-0.05, 0) is 43.3 Å². The highest BCUT2D eigenvalue weighted by Gasteiger charge is 2.21. The molecule has 9 nitrogen and oxygen atoms in total. The molecule has 0 aliphatic rings. The summed E-state index contributed by atoms with van der Waals surface area (Å²) in [6, 6.07) is 9.76. The highest BCUT2D eigenvalue weighted by atomic mass is 32.2. The fourth-order valence-electron chi connectivity index (χ4n) is 3.02. The van der Waals surface area contributed by atoms with Gasteiger partial charge in [0, 0.05) is 25.3 Å². The maximum atomic E-state index is 12.5. The zero-order valence-corrected chi connectivity index (χ0v) is 19.2. The number of nitrogens with one attached hydrogen (secondary N) is 1. The number of benzene rings is 1. The first-order valence-corrected chi connectivity index (χ1v) is 12.3. The van der Waals surface area contributed by atoms with E-state index in [1.807, 2.05) is 11.5 Å². The number of sulfonamides is 1. The van der Waals surface area contributed by atoms with Crippen LogP contribution in [0.5, 0.6) is 0 Å². The molecule has 0 unspecified atom stereocenters. The summed E-state index contributed by atoms with van der Waals surface area (Å²) in [5.41, 5.74) is 0.525. The topological polar surface area (TPSA) is 110 Å². The fourth-order valence-corrected chi connectivity index (χ4v) is 5.28. The number of nitrogens with zero attached hydrogens (tertiary/aromatic N) is 4. The summed E-state index contributed by atoms with van der Waals surface area (Å²) in [6.07, 6.45) is 1.57. The molecule has 0 bridgehead atoms. The van der Waals surface area contributed by atoms with E-state index in [1.165, 1.54) is 28.2 Å². The van der Waals surface area contributed by atoms with Crippen molar-refractivity contribution in [1.29, 1.82) is 0 Å². The number of carbonyl (C=O) groups excluding carboxylic acids is 1. The number of aromatic nitrogens is 3. The molecule has 31 heavy (non-hydrogen) atoms. The van der Waals surface area contributed by atoms with Crippen LogP contribution in [0, 0.1) is 0 Å². The zero-order valence-electron chi connectivity index (χ0n) is 17.6. The summed E-state index contributed by atoms with van der Waals surface area (Å²) < 4.78 is 33.7. The average molecular weight is 464 g/mol. The fraction of sp³-hybridized carbons (Fsp3) is 0.350. The molecule has 2 heterocycles. The molecule has 0 saturated heterocycles. The van der Waals surface area contributed by atoms with Crippen LogP contribution < -0.4 is 5.32 Å². The monoisotopic (exact) mass is 463 g/mol. The van der Waals surface area contributed by atoms with E-state index in [0.29, 0.717) is 42.1 Å². The Balaban J connectivity index is 1.62. The van der Waals surface area contributed by atoms with Crippen molar-refractivity contribution < 1.29 is 17.6 Å². The van der Waals surface area contributed by atoms with Gasteiger partial charge in [0.05, 0.1) is 16.9 Å². The second-order valence-corrected chi connectivity index (χ2v) is 9.36. The van der Waals surface area contributed by atoms with Crippen molar-refractivity contribution in [3.05, 3.63) is 42.7 Å². The number of hydrogen-bond donors (Lipinski definition) is 1. The molecule has 0 spiro atoms. The van der Waals surface area contributed by atoms with E-state index < -0.39 is 10.0 Å². The number of rotatable bonds is 10. The van der Waals surface area contributed by atoms with Crippen molar-refractivity contribution in [2.75, 3.05) is 24.2 Å². The van der Waals surface area contributed by atoms with Gasteiger partial charge in [0.15, 0.2) is 16.7 Å². The summed E-state index contributed by atoms with van der Waals surface area (Å²) in [6.45, 7) is 6.99. The van der Waals surface area contributed by atoms with Crippen LogP contribution in [-0.4, -0.2) is 52.2 Å². The van der Waals surface area contributed by atoms with E-state index in [4.69, 9.17) is 4.42 Å². The molecule has 1 amide bonds. The maximum absolute atomic E-state index is 12.5. The summed E-state index contributed by atoms with van der Waals surface area (Å²) in [7, 11) is -3.53. The standard InChI is InChI=1S/C20H25N5O4S2/c1-4-24(5-2)31(27,28)16-11-9-15(10-12-16)21-18(26)14-30-20-23-22-19(25(20)6-3)17-8-7-13-29-17/h7-13H,4-6,14H2,1-3H3,(H,21,26). The zero-order chi connectivity index (χ0) is 22.4. The first-order chi connectivity index (χ1) is 14.9. The van der Waals surface area contributed by atoms with Gasteiger partial charge in [0.25, 0.3) is 0 Å². The normalized spacial score (nSPS) is 11.7. The van der Waals surface area contributed by atoms with Crippen LogP contribution in [0.1, 0.15) is 20.8 Å². The van der Waals surface area contributed by atoms with E-state index in [2.05, 4.69) is 15.5 Å². The van der Waals surface area contributed by atoms with Crippen LogP contribution in [0.15, 0.2) is 57.1 Å². The molecule has 1 N–H and O–H groups in total. The van der Waals surface area contributed by atoms with Crippen molar-refractivity contribution in [2.45, 2.75) is 37.4 Å². The van der Waals surface area contributed by atoms with Gasteiger partial charge < -0.3 is 9.73 Å². The minimum absolute atomic E-state index is 0.135. The minimum atomic E-state index is -3.53. The number of hydrogen-bond acceptors (Lipinski definition) is 7. The number of furan rings is 1. The van der Waals surface area contributed by atoms with E-state index in [0.717, 1.165) is 0 Å².